The summed E-state index contributed by atoms with van der Waals surface area (Å²) in [7, 11) is 1.29. The number of phenolic OH excluding ortho intramolecular Hbond substituents is 1. The number of amides is 2. The largest absolute Gasteiger partial charge is 0.508 e. The van der Waals surface area contributed by atoms with E-state index >= 15 is 0 Å². The van der Waals surface area contributed by atoms with Crippen LogP contribution in [-0.2, 0) is 9.53 Å². The quantitative estimate of drug-likeness (QED) is 0.332. The third-order valence-corrected chi connectivity index (χ3v) is 7.04. The summed E-state index contributed by atoms with van der Waals surface area (Å²) in [4.78, 5) is 39.5. The molecule has 0 spiro atoms. The Bertz CT molecular complexity index is 1460. The Balaban J connectivity index is 1.33. The Morgan fingerprint density at radius 2 is 1.82 bits per heavy atom. The van der Waals surface area contributed by atoms with Crippen molar-refractivity contribution < 1.29 is 19.4 Å². The van der Waals surface area contributed by atoms with Crippen LogP contribution in [0.25, 0.3) is 33.3 Å². The zero-order chi connectivity index (χ0) is 26.8. The lowest BCUT2D eigenvalue weighted by Crippen LogP contribution is -2.51. The van der Waals surface area contributed by atoms with Gasteiger partial charge in [-0.25, -0.2) is 9.78 Å². The molecule has 0 saturated carbocycles. The van der Waals surface area contributed by atoms with Gasteiger partial charge in [0, 0.05) is 29.8 Å². The maximum atomic E-state index is 13.4. The molecule has 1 aliphatic heterocycles. The first-order valence-electron chi connectivity index (χ1n) is 12.7. The van der Waals surface area contributed by atoms with Gasteiger partial charge in [0.25, 0.3) is 0 Å². The van der Waals surface area contributed by atoms with Crippen molar-refractivity contribution in [3.05, 3.63) is 66.7 Å². The van der Waals surface area contributed by atoms with Gasteiger partial charge in [0.2, 0.25) is 5.91 Å². The summed E-state index contributed by atoms with van der Waals surface area (Å²) in [5.74, 6) is 0.717. The smallest absolute Gasteiger partial charge is 0.407 e. The van der Waals surface area contributed by atoms with Gasteiger partial charge in [-0.1, -0.05) is 38.1 Å². The highest BCUT2D eigenvalue weighted by atomic mass is 16.5. The number of H-pyrrole nitrogens is 1. The third kappa shape index (κ3) is 5.04. The number of imidazole rings is 1. The number of fused-ring (bicyclic) bond motifs is 1. The van der Waals surface area contributed by atoms with Gasteiger partial charge in [-0.3, -0.25) is 9.78 Å². The first-order valence-corrected chi connectivity index (χ1v) is 12.7. The maximum Gasteiger partial charge on any atom is 0.407 e. The number of nitrogens with one attached hydrogen (secondary N) is 2. The predicted molar refractivity (Wildman–Crippen MR) is 144 cm³/mol. The van der Waals surface area contributed by atoms with Crippen LogP contribution >= 0.6 is 0 Å². The highest BCUT2D eigenvalue weighted by molar-refractivity contribution is 5.87. The summed E-state index contributed by atoms with van der Waals surface area (Å²) >= 11 is 0. The van der Waals surface area contributed by atoms with Gasteiger partial charge in [0.1, 0.15) is 17.6 Å². The molecule has 0 unspecified atom stereocenters. The summed E-state index contributed by atoms with van der Waals surface area (Å²) in [6.45, 7) is 4.41. The molecule has 2 atom stereocenters. The number of nitrogens with zero attached hydrogens (tertiary/aromatic N) is 3. The van der Waals surface area contributed by atoms with Crippen molar-refractivity contribution >= 4 is 22.9 Å². The summed E-state index contributed by atoms with van der Waals surface area (Å²) in [5.41, 5.74) is 4.61. The van der Waals surface area contributed by atoms with Crippen LogP contribution in [0, 0.1) is 5.92 Å². The summed E-state index contributed by atoms with van der Waals surface area (Å²) in [5, 5.41) is 13.3. The molecule has 1 aliphatic rings. The van der Waals surface area contributed by atoms with Crippen LogP contribution in [-0.4, -0.2) is 56.7 Å². The second-order valence-corrected chi connectivity index (χ2v) is 9.91. The van der Waals surface area contributed by atoms with E-state index in [4.69, 9.17) is 4.74 Å². The van der Waals surface area contributed by atoms with Gasteiger partial charge < -0.3 is 25.0 Å². The summed E-state index contributed by atoms with van der Waals surface area (Å²) < 4.78 is 4.72. The van der Waals surface area contributed by atoms with Crippen LogP contribution in [0.15, 0.2) is 60.9 Å². The molecule has 38 heavy (non-hydrogen) atoms. The number of ether oxygens (including phenoxy) is 1. The molecule has 9 nitrogen and oxygen atoms in total. The minimum atomic E-state index is -0.666. The molecule has 1 saturated heterocycles. The lowest BCUT2D eigenvalue weighted by atomic mass is 10.0. The highest BCUT2D eigenvalue weighted by Crippen LogP contribution is 2.33. The van der Waals surface area contributed by atoms with Gasteiger partial charge >= 0.3 is 6.09 Å². The zero-order valence-corrected chi connectivity index (χ0v) is 21.6. The van der Waals surface area contributed by atoms with Crippen molar-refractivity contribution in [2.24, 2.45) is 5.92 Å². The molecule has 2 aromatic heterocycles. The molecular weight excluding hydrogens is 482 g/mol. The molecule has 3 N–H and O–H groups in total. The molecular formula is C29H31N5O4. The van der Waals surface area contributed by atoms with Crippen molar-refractivity contribution in [2.75, 3.05) is 13.7 Å². The molecule has 1 fully saturated rings. The number of benzene rings is 2. The van der Waals surface area contributed by atoms with Crippen molar-refractivity contribution in [3.63, 3.8) is 0 Å². The van der Waals surface area contributed by atoms with E-state index in [1.54, 1.807) is 29.4 Å². The van der Waals surface area contributed by atoms with Crippen molar-refractivity contribution in [3.8, 4) is 28.1 Å². The number of alkyl carbamates (subject to hydrolysis) is 1. The van der Waals surface area contributed by atoms with Gasteiger partial charge in [0.15, 0.2) is 0 Å². The first-order chi connectivity index (χ1) is 18.3. The molecule has 2 aromatic carbocycles. The number of hydrogen-bond donors (Lipinski definition) is 3. The number of likely N-dealkylation sites (tertiary alicyclic amines) is 1. The Hall–Kier alpha value is -4.40. The van der Waals surface area contributed by atoms with Gasteiger partial charge in [0.05, 0.1) is 30.6 Å². The van der Waals surface area contributed by atoms with Crippen LogP contribution in [0.5, 0.6) is 5.75 Å². The third-order valence-electron chi connectivity index (χ3n) is 7.04. The zero-order valence-electron chi connectivity index (χ0n) is 21.6. The van der Waals surface area contributed by atoms with E-state index in [2.05, 4.69) is 26.3 Å². The average Bonchev–Trinajstić information content (AvgIpc) is 3.61. The molecule has 4 aromatic rings. The Morgan fingerprint density at radius 3 is 2.55 bits per heavy atom. The molecule has 0 aliphatic carbocycles. The first kappa shape index (κ1) is 25.3. The van der Waals surface area contributed by atoms with E-state index in [1.165, 1.54) is 7.11 Å². The molecule has 5 rings (SSSR count). The molecule has 9 heteroatoms. The van der Waals surface area contributed by atoms with E-state index in [-0.39, 0.29) is 23.6 Å². The normalized spacial score (nSPS) is 16.1. The molecule has 196 valence electrons. The fourth-order valence-electron chi connectivity index (χ4n) is 4.96. The Kier molecular flexibility index (Phi) is 7.00. The molecule has 0 radical (unpaired) electrons. The fraction of sp³-hybridized carbons (Fsp3) is 0.310. The number of aromatic nitrogens is 3. The van der Waals surface area contributed by atoms with Crippen LogP contribution in [0.1, 0.15) is 38.6 Å². The number of pyridine rings is 1. The second kappa shape index (κ2) is 10.5. The standard InChI is InChI=1S/C29H31N5O4/c1-17(2)26(33-29(37)38-3)28(36)34-12-4-5-25(34)27-31-16-24(32-27)19-8-6-18(7-9-19)21-13-20-10-11-22(35)14-23(20)30-15-21/h6-11,13-17,25-26,35H,4-5,12H2,1-3H3,(H,31,32)(H,33,37)/t25-,26-/m0/s1. The predicted octanol–water partition coefficient (Wildman–Crippen LogP) is 5.04. The topological polar surface area (TPSA) is 120 Å². The van der Waals surface area contributed by atoms with E-state index in [0.717, 1.165) is 52.0 Å². The van der Waals surface area contributed by atoms with Gasteiger partial charge in [-0.2, -0.15) is 0 Å². The molecule has 2 amide bonds. The van der Waals surface area contributed by atoms with Crippen molar-refractivity contribution in [1.82, 2.24) is 25.2 Å². The van der Waals surface area contributed by atoms with Gasteiger partial charge in [-0.15, -0.1) is 0 Å². The number of methoxy groups -OCH3 is 1. The lowest BCUT2D eigenvalue weighted by molar-refractivity contribution is -0.135. The Morgan fingerprint density at radius 1 is 1.05 bits per heavy atom. The van der Waals surface area contributed by atoms with Gasteiger partial charge in [-0.05, 0) is 48.1 Å². The van der Waals surface area contributed by atoms with Crippen LogP contribution in [0.3, 0.4) is 0 Å². The minimum absolute atomic E-state index is 0.0847. The molecule has 0 bridgehead atoms. The monoisotopic (exact) mass is 513 g/mol. The van der Waals surface area contributed by atoms with E-state index < -0.39 is 12.1 Å². The summed E-state index contributed by atoms with van der Waals surface area (Å²) in [6.07, 6.45) is 4.64. The number of aromatic hydroxyl groups is 1. The summed E-state index contributed by atoms with van der Waals surface area (Å²) in [6, 6.07) is 14.5. The maximum absolute atomic E-state index is 13.4. The van der Waals surface area contributed by atoms with E-state index in [0.29, 0.717) is 6.54 Å². The number of rotatable bonds is 6. The van der Waals surface area contributed by atoms with Crippen LogP contribution in [0.2, 0.25) is 0 Å². The van der Waals surface area contributed by atoms with Crippen molar-refractivity contribution in [1.29, 1.82) is 0 Å². The van der Waals surface area contributed by atoms with Crippen LogP contribution < -0.4 is 5.32 Å². The number of aromatic amines is 1. The second-order valence-electron chi connectivity index (χ2n) is 9.91. The Labute approximate surface area is 220 Å². The number of carbonyl (C=O) groups is 2. The average molecular weight is 514 g/mol. The number of phenols is 1. The van der Waals surface area contributed by atoms with Crippen LogP contribution in [0.4, 0.5) is 4.79 Å². The number of hydrogen-bond acceptors (Lipinski definition) is 6. The minimum Gasteiger partial charge on any atom is -0.508 e. The molecule has 3 heterocycles. The SMILES string of the molecule is COC(=O)N[C@H](C(=O)N1CCC[C@H]1c1ncc(-c2ccc(-c3cnc4cc(O)ccc4c3)cc2)[nH]1)C(C)C. The number of carbonyl (C=O) groups excluding carboxylic acids is 2. The highest BCUT2D eigenvalue weighted by Gasteiger charge is 2.37. The van der Waals surface area contributed by atoms with E-state index in [9.17, 15) is 14.7 Å². The van der Waals surface area contributed by atoms with E-state index in [1.807, 2.05) is 44.2 Å². The lowest BCUT2D eigenvalue weighted by Gasteiger charge is -2.30. The van der Waals surface area contributed by atoms with Crippen molar-refractivity contribution in [2.45, 2.75) is 38.8 Å². The fourth-order valence-corrected chi connectivity index (χ4v) is 4.96.